The molecule has 0 spiro atoms. The molecule has 0 saturated carbocycles. The molecule has 0 aliphatic rings. The predicted molar refractivity (Wildman–Crippen MR) is 170 cm³/mol. The van der Waals surface area contributed by atoms with Gasteiger partial charge in [-0.05, 0) is 48.7 Å². The Morgan fingerprint density at radius 3 is 2.12 bits per heavy atom. The summed E-state index contributed by atoms with van der Waals surface area (Å²) in [5, 5.41) is 3.22. The molecule has 0 aliphatic heterocycles. The largest absolute Gasteiger partial charge is 0.352 e. The van der Waals surface area contributed by atoms with Gasteiger partial charge in [-0.25, -0.2) is 8.42 Å². The van der Waals surface area contributed by atoms with Gasteiger partial charge in [0.1, 0.15) is 12.6 Å². The van der Waals surface area contributed by atoms with Gasteiger partial charge in [0.05, 0.1) is 27.0 Å². The Morgan fingerprint density at radius 2 is 1.54 bits per heavy atom. The molecule has 0 heterocycles. The summed E-state index contributed by atoms with van der Waals surface area (Å²) in [6, 6.07) is 18.2. The molecule has 0 radical (unpaired) electrons. The Morgan fingerprint density at radius 1 is 0.927 bits per heavy atom. The first kappa shape index (κ1) is 33.2. The minimum atomic E-state index is -4.01. The summed E-state index contributed by atoms with van der Waals surface area (Å²) >= 11 is 22.0. The maximum absolute atomic E-state index is 14.1. The second-order valence-corrected chi connectivity index (χ2v) is 13.7. The number of benzene rings is 3. The van der Waals surface area contributed by atoms with Gasteiger partial charge in [-0.1, -0.05) is 100 Å². The van der Waals surface area contributed by atoms with Gasteiger partial charge in [0, 0.05) is 23.5 Å². The van der Waals surface area contributed by atoms with Crippen LogP contribution < -0.4 is 9.62 Å². The van der Waals surface area contributed by atoms with Crippen LogP contribution in [-0.4, -0.2) is 50.0 Å². The highest BCUT2D eigenvalue weighted by atomic mass is 79.9. The zero-order valence-electron chi connectivity index (χ0n) is 22.8. The number of hydrogen-bond donors (Lipinski definition) is 1. The van der Waals surface area contributed by atoms with E-state index in [0.717, 1.165) is 26.2 Å². The number of amides is 2. The van der Waals surface area contributed by atoms with Crippen LogP contribution >= 0.6 is 50.7 Å². The van der Waals surface area contributed by atoms with Crippen molar-refractivity contribution in [2.75, 3.05) is 17.1 Å². The number of nitrogens with one attached hydrogen (secondary N) is 1. The van der Waals surface area contributed by atoms with Crippen LogP contribution in [0.1, 0.15) is 31.4 Å². The maximum Gasteiger partial charge on any atom is 0.244 e. The van der Waals surface area contributed by atoms with Crippen molar-refractivity contribution in [2.45, 2.75) is 45.3 Å². The van der Waals surface area contributed by atoms with Crippen molar-refractivity contribution in [1.29, 1.82) is 0 Å². The highest BCUT2D eigenvalue weighted by molar-refractivity contribution is 9.10. The smallest absolute Gasteiger partial charge is 0.244 e. The summed E-state index contributed by atoms with van der Waals surface area (Å²) < 4.78 is 27.6. The Labute approximate surface area is 264 Å². The highest BCUT2D eigenvalue weighted by Crippen LogP contribution is 2.35. The van der Waals surface area contributed by atoms with Gasteiger partial charge in [-0.2, -0.15) is 0 Å². The fourth-order valence-electron chi connectivity index (χ4n) is 4.08. The molecular formula is C29H31BrCl3N3O4S. The molecule has 1 N–H and O–H groups in total. The van der Waals surface area contributed by atoms with Gasteiger partial charge >= 0.3 is 0 Å². The number of halogens is 4. The van der Waals surface area contributed by atoms with Gasteiger partial charge in [0.15, 0.2) is 0 Å². The molecular weight excluding hydrogens is 673 g/mol. The maximum atomic E-state index is 14.1. The van der Waals surface area contributed by atoms with Crippen molar-refractivity contribution in [3.63, 3.8) is 0 Å². The molecule has 0 unspecified atom stereocenters. The van der Waals surface area contributed by atoms with Crippen LogP contribution in [0.15, 0.2) is 71.2 Å². The molecule has 3 aromatic rings. The predicted octanol–water partition coefficient (Wildman–Crippen LogP) is 6.73. The molecule has 7 nitrogen and oxygen atoms in total. The third-order valence-electron chi connectivity index (χ3n) is 6.48. The number of anilines is 1. The quantitative estimate of drug-likeness (QED) is 0.212. The van der Waals surface area contributed by atoms with Gasteiger partial charge in [0.25, 0.3) is 0 Å². The summed E-state index contributed by atoms with van der Waals surface area (Å²) in [5.41, 5.74) is 1.61. The average molecular weight is 704 g/mol. The number of sulfonamides is 1. The van der Waals surface area contributed by atoms with E-state index in [2.05, 4.69) is 21.2 Å². The third kappa shape index (κ3) is 9.35. The van der Waals surface area contributed by atoms with E-state index in [1.54, 1.807) is 0 Å². The molecule has 2 atom stereocenters. The summed E-state index contributed by atoms with van der Waals surface area (Å²) in [4.78, 5) is 29.2. The number of hydrogen-bond acceptors (Lipinski definition) is 4. The van der Waals surface area contributed by atoms with Crippen LogP contribution in [-0.2, 0) is 32.6 Å². The first-order valence-corrected chi connectivity index (χ1v) is 16.6. The van der Waals surface area contributed by atoms with Crippen LogP contribution in [0.3, 0.4) is 0 Å². The van der Waals surface area contributed by atoms with E-state index in [-0.39, 0.29) is 45.7 Å². The van der Waals surface area contributed by atoms with Crippen molar-refractivity contribution in [3.8, 4) is 0 Å². The molecule has 41 heavy (non-hydrogen) atoms. The Balaban J connectivity index is 2.09. The average Bonchev–Trinajstić information content (AvgIpc) is 2.92. The topological polar surface area (TPSA) is 86.8 Å². The molecule has 0 saturated heterocycles. The standard InChI is InChI=1S/C29H31BrCl3N3O4S/c1-4-19(2)34-29(38)27(14-20-8-6-5-7-9-20)35(17-21-10-12-22(30)13-11-21)28(37)18-36(41(3,39)40)26-16-24(32)23(31)15-25(26)33/h5-13,15-16,19,27H,4,14,17-18H2,1-3H3,(H,34,38)/t19-,27-/m1/s1. The second-order valence-electron chi connectivity index (χ2n) is 9.66. The van der Waals surface area contributed by atoms with Crippen LogP contribution in [0.5, 0.6) is 0 Å². The number of carbonyl (C=O) groups is 2. The fourth-order valence-corrected chi connectivity index (χ4v) is 5.89. The number of nitrogens with zero attached hydrogens (tertiary/aromatic N) is 2. The summed E-state index contributed by atoms with van der Waals surface area (Å²) in [7, 11) is -4.01. The monoisotopic (exact) mass is 701 g/mol. The summed E-state index contributed by atoms with van der Waals surface area (Å²) in [5.74, 6) is -0.937. The van der Waals surface area contributed by atoms with E-state index in [1.807, 2.05) is 68.4 Å². The van der Waals surface area contributed by atoms with Crippen LogP contribution in [0.25, 0.3) is 0 Å². The molecule has 2 amide bonds. The van der Waals surface area contributed by atoms with Crippen molar-refractivity contribution in [1.82, 2.24) is 10.2 Å². The van der Waals surface area contributed by atoms with Crippen molar-refractivity contribution in [3.05, 3.63) is 97.4 Å². The van der Waals surface area contributed by atoms with Gasteiger partial charge in [-0.3, -0.25) is 13.9 Å². The van der Waals surface area contributed by atoms with E-state index in [0.29, 0.717) is 6.42 Å². The molecule has 3 rings (SSSR count). The van der Waals surface area contributed by atoms with Gasteiger partial charge in [0.2, 0.25) is 21.8 Å². The zero-order valence-corrected chi connectivity index (χ0v) is 27.5. The van der Waals surface area contributed by atoms with E-state index >= 15 is 0 Å². The molecule has 0 fully saturated rings. The van der Waals surface area contributed by atoms with Crippen LogP contribution in [0.4, 0.5) is 5.69 Å². The van der Waals surface area contributed by atoms with E-state index in [4.69, 9.17) is 34.8 Å². The SMILES string of the molecule is CC[C@@H](C)NC(=O)[C@@H](Cc1ccccc1)N(Cc1ccc(Br)cc1)C(=O)CN(c1cc(Cl)c(Cl)cc1Cl)S(C)(=O)=O. The summed E-state index contributed by atoms with van der Waals surface area (Å²) in [6.07, 6.45) is 1.88. The second kappa shape index (κ2) is 14.7. The fraction of sp³-hybridized carbons (Fsp3) is 0.310. The summed E-state index contributed by atoms with van der Waals surface area (Å²) in [6.45, 7) is 3.28. The first-order chi connectivity index (χ1) is 19.3. The molecule has 0 aliphatic carbocycles. The molecule has 3 aromatic carbocycles. The van der Waals surface area contributed by atoms with Crippen LogP contribution in [0.2, 0.25) is 15.1 Å². The molecule has 12 heteroatoms. The lowest BCUT2D eigenvalue weighted by atomic mass is 10.0. The lowest BCUT2D eigenvalue weighted by Crippen LogP contribution is -2.54. The van der Waals surface area contributed by atoms with E-state index in [1.165, 1.54) is 17.0 Å². The van der Waals surface area contributed by atoms with Crippen LogP contribution in [0, 0.1) is 0 Å². The molecule has 0 aromatic heterocycles. The first-order valence-electron chi connectivity index (χ1n) is 12.8. The van der Waals surface area contributed by atoms with Gasteiger partial charge in [-0.15, -0.1) is 0 Å². The third-order valence-corrected chi connectivity index (χ3v) is 9.16. The van der Waals surface area contributed by atoms with Crippen molar-refractivity contribution in [2.24, 2.45) is 0 Å². The van der Waals surface area contributed by atoms with Crippen molar-refractivity contribution >= 4 is 78.3 Å². The minimum Gasteiger partial charge on any atom is -0.352 e. The molecule has 220 valence electrons. The Bertz CT molecular complexity index is 1470. The lowest BCUT2D eigenvalue weighted by molar-refractivity contribution is -0.140. The Kier molecular flexibility index (Phi) is 11.9. The molecule has 0 bridgehead atoms. The van der Waals surface area contributed by atoms with E-state index < -0.39 is 28.5 Å². The zero-order chi connectivity index (χ0) is 30.3. The van der Waals surface area contributed by atoms with Gasteiger partial charge < -0.3 is 10.2 Å². The number of carbonyl (C=O) groups excluding carboxylic acids is 2. The van der Waals surface area contributed by atoms with Crippen molar-refractivity contribution < 1.29 is 18.0 Å². The minimum absolute atomic E-state index is 0.00387. The lowest BCUT2D eigenvalue weighted by Gasteiger charge is -2.34. The van der Waals surface area contributed by atoms with E-state index in [9.17, 15) is 18.0 Å². The number of rotatable bonds is 12. The Hall–Kier alpha value is -2.30. The highest BCUT2D eigenvalue weighted by Gasteiger charge is 2.34. The normalized spacial score (nSPS) is 12.9.